The van der Waals surface area contributed by atoms with Gasteiger partial charge >= 0.3 is 0 Å². The van der Waals surface area contributed by atoms with E-state index in [0.29, 0.717) is 25.2 Å². The molecule has 0 aliphatic rings. The van der Waals surface area contributed by atoms with Crippen molar-refractivity contribution in [2.24, 2.45) is 0 Å². The van der Waals surface area contributed by atoms with Gasteiger partial charge < -0.3 is 4.74 Å². The van der Waals surface area contributed by atoms with Crippen LogP contribution in [0.15, 0.2) is 0 Å². The highest BCUT2D eigenvalue weighted by Crippen LogP contribution is 2.06. The average Bonchev–Trinajstić information content (AvgIpc) is 2.09. The average molecular weight is 201 g/mol. The molecule has 0 aromatic carbocycles. The third-order valence-electron chi connectivity index (χ3n) is 2.32. The molecule has 0 atom stereocenters. The Labute approximate surface area is 87.4 Å². The van der Waals surface area contributed by atoms with Gasteiger partial charge in [-0.25, -0.2) is 0 Å². The van der Waals surface area contributed by atoms with E-state index in [0.717, 1.165) is 19.4 Å². The van der Waals surface area contributed by atoms with Gasteiger partial charge in [-0.2, -0.15) is 0 Å². The molecule has 0 aromatic rings. The SMILES string of the molecule is CC(C)N(CCCCOC=O)C(C)C. The summed E-state index contributed by atoms with van der Waals surface area (Å²) in [7, 11) is 0. The highest BCUT2D eigenvalue weighted by atomic mass is 16.5. The van der Waals surface area contributed by atoms with Crippen molar-refractivity contribution in [3.05, 3.63) is 0 Å². The maximum Gasteiger partial charge on any atom is 0.293 e. The molecule has 0 radical (unpaired) electrons. The van der Waals surface area contributed by atoms with Crippen LogP contribution in [-0.4, -0.2) is 36.6 Å². The molecule has 0 aliphatic heterocycles. The number of hydrogen-bond donors (Lipinski definition) is 0. The van der Waals surface area contributed by atoms with E-state index in [1.54, 1.807) is 0 Å². The molecule has 84 valence electrons. The lowest BCUT2D eigenvalue weighted by atomic mass is 10.2. The van der Waals surface area contributed by atoms with Crippen LogP contribution >= 0.6 is 0 Å². The molecule has 3 nitrogen and oxygen atoms in total. The first-order chi connectivity index (χ1) is 6.59. The molecule has 0 fully saturated rings. The summed E-state index contributed by atoms with van der Waals surface area (Å²) in [6.07, 6.45) is 2.04. The first kappa shape index (κ1) is 13.4. The van der Waals surface area contributed by atoms with E-state index in [9.17, 15) is 4.79 Å². The maximum atomic E-state index is 9.89. The molecule has 0 rings (SSSR count). The number of carbonyl (C=O) groups is 1. The second kappa shape index (κ2) is 7.80. The monoisotopic (exact) mass is 201 g/mol. The number of ether oxygens (including phenoxy) is 1. The number of carbonyl (C=O) groups excluding carboxylic acids is 1. The van der Waals surface area contributed by atoms with Crippen LogP contribution in [0, 0.1) is 0 Å². The number of nitrogens with zero attached hydrogens (tertiary/aromatic N) is 1. The van der Waals surface area contributed by atoms with Crippen LogP contribution in [0.25, 0.3) is 0 Å². The van der Waals surface area contributed by atoms with E-state index >= 15 is 0 Å². The second-order valence-electron chi connectivity index (χ2n) is 4.10. The van der Waals surface area contributed by atoms with E-state index < -0.39 is 0 Å². The molecule has 0 amide bonds. The summed E-state index contributed by atoms with van der Waals surface area (Å²) in [4.78, 5) is 12.3. The molecule has 0 spiro atoms. The largest absolute Gasteiger partial charge is 0.468 e. The Bertz CT molecular complexity index is 138. The molecule has 0 aromatic heterocycles. The summed E-state index contributed by atoms with van der Waals surface area (Å²) >= 11 is 0. The molecule has 0 N–H and O–H groups in total. The number of rotatable bonds is 8. The van der Waals surface area contributed by atoms with Crippen molar-refractivity contribution < 1.29 is 9.53 Å². The molecule has 14 heavy (non-hydrogen) atoms. The van der Waals surface area contributed by atoms with Gasteiger partial charge in [-0.1, -0.05) is 0 Å². The van der Waals surface area contributed by atoms with Gasteiger partial charge in [0.2, 0.25) is 0 Å². The predicted octanol–water partition coefficient (Wildman–Crippen LogP) is 2.06. The van der Waals surface area contributed by atoms with E-state index in [4.69, 9.17) is 0 Å². The van der Waals surface area contributed by atoms with Crippen LogP contribution in [0.4, 0.5) is 0 Å². The molecular weight excluding hydrogens is 178 g/mol. The Morgan fingerprint density at radius 1 is 1.14 bits per heavy atom. The van der Waals surface area contributed by atoms with Crippen LogP contribution < -0.4 is 0 Å². The number of unbranched alkanes of at least 4 members (excludes halogenated alkanes) is 1. The summed E-state index contributed by atoms with van der Waals surface area (Å²) in [6, 6.07) is 1.17. The van der Waals surface area contributed by atoms with Crippen LogP contribution in [0.2, 0.25) is 0 Å². The topological polar surface area (TPSA) is 29.5 Å². The molecule has 0 heterocycles. The fraction of sp³-hybridized carbons (Fsp3) is 0.909. The van der Waals surface area contributed by atoms with Crippen molar-refractivity contribution in [2.75, 3.05) is 13.2 Å². The predicted molar refractivity (Wildman–Crippen MR) is 58.2 cm³/mol. The van der Waals surface area contributed by atoms with Gasteiger partial charge in [-0.15, -0.1) is 0 Å². The van der Waals surface area contributed by atoms with Gasteiger partial charge in [0.1, 0.15) is 0 Å². The second-order valence-corrected chi connectivity index (χ2v) is 4.10. The Morgan fingerprint density at radius 3 is 2.14 bits per heavy atom. The molecule has 0 saturated heterocycles. The van der Waals surface area contributed by atoms with Crippen LogP contribution in [-0.2, 0) is 9.53 Å². The maximum absolute atomic E-state index is 9.89. The molecule has 0 saturated carbocycles. The fourth-order valence-electron chi connectivity index (χ4n) is 1.64. The van der Waals surface area contributed by atoms with Crippen molar-refractivity contribution in [2.45, 2.75) is 52.6 Å². The molecule has 0 aliphatic carbocycles. The Morgan fingerprint density at radius 2 is 1.71 bits per heavy atom. The summed E-state index contributed by atoms with van der Waals surface area (Å²) < 4.78 is 4.64. The Balaban J connectivity index is 3.56. The van der Waals surface area contributed by atoms with Gasteiger partial charge in [-0.3, -0.25) is 9.69 Å². The summed E-state index contributed by atoms with van der Waals surface area (Å²) in [5, 5.41) is 0. The summed E-state index contributed by atoms with van der Waals surface area (Å²) in [5.41, 5.74) is 0. The third-order valence-corrected chi connectivity index (χ3v) is 2.32. The van der Waals surface area contributed by atoms with Gasteiger partial charge in [0.25, 0.3) is 6.47 Å². The zero-order valence-electron chi connectivity index (χ0n) is 9.82. The van der Waals surface area contributed by atoms with Gasteiger partial charge in [0.15, 0.2) is 0 Å². The lowest BCUT2D eigenvalue weighted by Crippen LogP contribution is -2.37. The van der Waals surface area contributed by atoms with E-state index in [2.05, 4.69) is 37.3 Å². The van der Waals surface area contributed by atoms with Crippen LogP contribution in [0.5, 0.6) is 0 Å². The first-order valence-corrected chi connectivity index (χ1v) is 5.40. The molecular formula is C11H23NO2. The lowest BCUT2D eigenvalue weighted by Gasteiger charge is -2.30. The summed E-state index contributed by atoms with van der Waals surface area (Å²) in [6.45, 7) is 11.0. The minimum absolute atomic E-state index is 0.517. The fourth-order valence-corrected chi connectivity index (χ4v) is 1.64. The summed E-state index contributed by atoms with van der Waals surface area (Å²) in [5.74, 6) is 0. The zero-order valence-corrected chi connectivity index (χ0v) is 9.82. The third kappa shape index (κ3) is 5.97. The van der Waals surface area contributed by atoms with Crippen molar-refractivity contribution in [1.82, 2.24) is 4.90 Å². The van der Waals surface area contributed by atoms with Gasteiger partial charge in [0.05, 0.1) is 6.61 Å². The molecule has 0 bridgehead atoms. The smallest absolute Gasteiger partial charge is 0.293 e. The Hall–Kier alpha value is -0.570. The number of hydrogen-bond acceptors (Lipinski definition) is 3. The van der Waals surface area contributed by atoms with Gasteiger partial charge in [-0.05, 0) is 47.1 Å². The van der Waals surface area contributed by atoms with Crippen molar-refractivity contribution in [3.63, 3.8) is 0 Å². The van der Waals surface area contributed by atoms with Crippen molar-refractivity contribution >= 4 is 6.47 Å². The van der Waals surface area contributed by atoms with Crippen molar-refractivity contribution in [3.8, 4) is 0 Å². The molecule has 3 heteroatoms. The standard InChI is InChI=1S/C11H23NO2/c1-10(2)12(11(3)4)7-5-6-8-14-9-13/h9-11H,5-8H2,1-4H3. The molecule has 0 unspecified atom stereocenters. The van der Waals surface area contributed by atoms with Crippen molar-refractivity contribution in [1.29, 1.82) is 0 Å². The minimum atomic E-state index is 0.517. The minimum Gasteiger partial charge on any atom is -0.468 e. The van der Waals surface area contributed by atoms with E-state index in [1.807, 2.05) is 0 Å². The lowest BCUT2D eigenvalue weighted by molar-refractivity contribution is -0.128. The quantitative estimate of drug-likeness (QED) is 0.445. The van der Waals surface area contributed by atoms with Crippen LogP contribution in [0.3, 0.4) is 0 Å². The normalized spacial score (nSPS) is 11.4. The highest BCUT2D eigenvalue weighted by Gasteiger charge is 2.11. The zero-order chi connectivity index (χ0) is 11.0. The van der Waals surface area contributed by atoms with E-state index in [1.165, 1.54) is 0 Å². The van der Waals surface area contributed by atoms with Gasteiger partial charge in [0, 0.05) is 12.1 Å². The van der Waals surface area contributed by atoms with E-state index in [-0.39, 0.29) is 0 Å². The Kier molecular flexibility index (Phi) is 7.48. The highest BCUT2D eigenvalue weighted by molar-refractivity contribution is 5.36. The first-order valence-electron chi connectivity index (χ1n) is 5.40. The van der Waals surface area contributed by atoms with Crippen LogP contribution in [0.1, 0.15) is 40.5 Å².